The van der Waals surface area contributed by atoms with Crippen LogP contribution in [0, 0.1) is 6.92 Å². The number of oxime groups is 1. The molecule has 0 aromatic carbocycles. The Hall–Kier alpha value is -2.04. The van der Waals surface area contributed by atoms with E-state index in [0.29, 0.717) is 5.56 Å². The molecule has 2 aromatic heterocycles. The average molecular weight is 190 g/mol. The maximum absolute atomic E-state index is 8.56. The molecule has 5 heteroatoms. The molecule has 0 fully saturated rings. The van der Waals surface area contributed by atoms with Gasteiger partial charge >= 0.3 is 0 Å². The topological polar surface area (TPSA) is 75.9 Å². The van der Waals surface area contributed by atoms with Crippen LogP contribution in [-0.4, -0.2) is 20.7 Å². The fourth-order valence-corrected chi connectivity index (χ4v) is 1.34. The Balaban J connectivity index is 2.73. The maximum Gasteiger partial charge on any atom is 0.173 e. The zero-order valence-electron chi connectivity index (χ0n) is 7.68. The Morgan fingerprint density at radius 1 is 1.64 bits per heavy atom. The highest BCUT2D eigenvalue weighted by atomic mass is 16.4. The standard InChI is InChI=1S/C9H10N4O/c1-6-2-3-13-8(4-6)7(5-11-13)9(10)12-14/h2-5,14H,1H3,(H2,10,12). The lowest BCUT2D eigenvalue weighted by atomic mass is 10.2. The van der Waals surface area contributed by atoms with Crippen LogP contribution in [0.15, 0.2) is 29.7 Å². The van der Waals surface area contributed by atoms with Gasteiger partial charge < -0.3 is 10.9 Å². The van der Waals surface area contributed by atoms with Crippen LogP contribution in [0.5, 0.6) is 0 Å². The molecule has 2 aromatic rings. The smallest absolute Gasteiger partial charge is 0.173 e. The first-order chi connectivity index (χ1) is 6.72. The molecule has 0 saturated carbocycles. The Labute approximate surface area is 80.5 Å². The van der Waals surface area contributed by atoms with Crippen LogP contribution in [0.3, 0.4) is 0 Å². The normalized spacial score (nSPS) is 12.2. The minimum atomic E-state index is 0.0746. The van der Waals surface area contributed by atoms with Crippen molar-refractivity contribution in [3.63, 3.8) is 0 Å². The van der Waals surface area contributed by atoms with Gasteiger partial charge in [0.1, 0.15) is 0 Å². The van der Waals surface area contributed by atoms with Crippen molar-refractivity contribution in [3.05, 3.63) is 35.7 Å². The van der Waals surface area contributed by atoms with Gasteiger partial charge in [0.15, 0.2) is 5.84 Å². The number of rotatable bonds is 1. The highest BCUT2D eigenvalue weighted by Crippen LogP contribution is 2.11. The summed E-state index contributed by atoms with van der Waals surface area (Å²) in [5.74, 6) is 0.0746. The van der Waals surface area contributed by atoms with Gasteiger partial charge in [0.2, 0.25) is 0 Å². The summed E-state index contributed by atoms with van der Waals surface area (Å²) < 4.78 is 1.68. The van der Waals surface area contributed by atoms with Gasteiger partial charge in [-0.3, -0.25) is 0 Å². The zero-order valence-corrected chi connectivity index (χ0v) is 7.68. The summed E-state index contributed by atoms with van der Waals surface area (Å²) in [7, 11) is 0. The first-order valence-corrected chi connectivity index (χ1v) is 4.14. The number of hydrogen-bond acceptors (Lipinski definition) is 3. The quantitative estimate of drug-likeness (QED) is 0.301. The van der Waals surface area contributed by atoms with Crippen LogP contribution in [0.1, 0.15) is 11.1 Å². The molecule has 72 valence electrons. The third-order valence-corrected chi connectivity index (χ3v) is 2.06. The lowest BCUT2D eigenvalue weighted by molar-refractivity contribution is 0.318. The molecule has 14 heavy (non-hydrogen) atoms. The minimum Gasteiger partial charge on any atom is -0.409 e. The van der Waals surface area contributed by atoms with Crippen LogP contribution in [-0.2, 0) is 0 Å². The van der Waals surface area contributed by atoms with Crippen LogP contribution >= 0.6 is 0 Å². The van der Waals surface area contributed by atoms with E-state index in [0.717, 1.165) is 11.1 Å². The van der Waals surface area contributed by atoms with E-state index in [1.54, 1.807) is 10.7 Å². The second-order valence-corrected chi connectivity index (χ2v) is 3.08. The van der Waals surface area contributed by atoms with Gasteiger partial charge in [0.05, 0.1) is 17.3 Å². The lowest BCUT2D eigenvalue weighted by Gasteiger charge is -1.97. The van der Waals surface area contributed by atoms with Crippen LogP contribution in [0.2, 0.25) is 0 Å². The number of hydrogen-bond donors (Lipinski definition) is 2. The monoisotopic (exact) mass is 190 g/mol. The molecule has 0 spiro atoms. The molecule has 0 unspecified atom stereocenters. The third kappa shape index (κ3) is 1.19. The van der Waals surface area contributed by atoms with Crippen molar-refractivity contribution in [2.45, 2.75) is 6.92 Å². The van der Waals surface area contributed by atoms with Gasteiger partial charge in [0.25, 0.3) is 0 Å². The number of nitrogens with zero attached hydrogens (tertiary/aromatic N) is 3. The highest BCUT2D eigenvalue weighted by molar-refractivity contribution is 6.02. The van der Waals surface area contributed by atoms with Crippen LogP contribution in [0.25, 0.3) is 5.52 Å². The van der Waals surface area contributed by atoms with Crippen LogP contribution in [0.4, 0.5) is 0 Å². The largest absolute Gasteiger partial charge is 0.409 e. The van der Waals surface area contributed by atoms with Crippen molar-refractivity contribution >= 4 is 11.4 Å². The Bertz CT molecular complexity index is 500. The molecular formula is C9H10N4O. The number of pyridine rings is 1. The van der Waals surface area contributed by atoms with E-state index in [-0.39, 0.29) is 5.84 Å². The number of nitrogens with two attached hydrogens (primary N) is 1. The van der Waals surface area contributed by atoms with Gasteiger partial charge in [0, 0.05) is 6.20 Å². The predicted molar refractivity (Wildman–Crippen MR) is 52.4 cm³/mol. The summed E-state index contributed by atoms with van der Waals surface area (Å²) in [6, 6.07) is 3.87. The van der Waals surface area contributed by atoms with Gasteiger partial charge in [-0.15, -0.1) is 0 Å². The Kier molecular flexibility index (Phi) is 1.85. The fraction of sp³-hybridized carbons (Fsp3) is 0.111. The predicted octanol–water partition coefficient (Wildman–Crippen LogP) is 0.737. The summed E-state index contributed by atoms with van der Waals surface area (Å²) in [4.78, 5) is 0. The summed E-state index contributed by atoms with van der Waals surface area (Å²) in [5.41, 5.74) is 8.07. The molecule has 3 N–H and O–H groups in total. The van der Waals surface area contributed by atoms with E-state index < -0.39 is 0 Å². The van der Waals surface area contributed by atoms with Crippen molar-refractivity contribution in [2.24, 2.45) is 10.9 Å². The average Bonchev–Trinajstić information content (AvgIpc) is 2.59. The minimum absolute atomic E-state index is 0.0746. The van der Waals surface area contributed by atoms with E-state index in [1.165, 1.54) is 0 Å². The zero-order chi connectivity index (χ0) is 10.1. The second kappa shape index (κ2) is 3.02. The first kappa shape index (κ1) is 8.55. The van der Waals surface area contributed by atoms with Gasteiger partial charge in [-0.05, 0) is 24.6 Å². The molecule has 2 rings (SSSR count). The van der Waals surface area contributed by atoms with E-state index in [9.17, 15) is 0 Å². The van der Waals surface area contributed by atoms with E-state index >= 15 is 0 Å². The van der Waals surface area contributed by atoms with Crippen molar-refractivity contribution in [1.82, 2.24) is 9.61 Å². The summed E-state index contributed by atoms with van der Waals surface area (Å²) in [6.07, 6.45) is 3.41. The molecule has 0 aliphatic heterocycles. The van der Waals surface area contributed by atoms with Gasteiger partial charge in [-0.2, -0.15) is 5.10 Å². The third-order valence-electron chi connectivity index (χ3n) is 2.06. The number of fused-ring (bicyclic) bond motifs is 1. The van der Waals surface area contributed by atoms with Crippen molar-refractivity contribution in [1.29, 1.82) is 0 Å². The Morgan fingerprint density at radius 2 is 2.43 bits per heavy atom. The summed E-state index contributed by atoms with van der Waals surface area (Å²) in [6.45, 7) is 1.98. The van der Waals surface area contributed by atoms with Crippen LogP contribution < -0.4 is 5.73 Å². The molecule has 0 radical (unpaired) electrons. The second-order valence-electron chi connectivity index (χ2n) is 3.08. The molecule has 2 heterocycles. The first-order valence-electron chi connectivity index (χ1n) is 4.14. The van der Waals surface area contributed by atoms with E-state index in [1.807, 2.05) is 25.3 Å². The molecule has 0 amide bonds. The molecular weight excluding hydrogens is 180 g/mol. The van der Waals surface area contributed by atoms with E-state index in [4.69, 9.17) is 10.9 Å². The number of aromatic nitrogens is 2. The van der Waals surface area contributed by atoms with Gasteiger partial charge in [-0.1, -0.05) is 5.16 Å². The molecule has 5 nitrogen and oxygen atoms in total. The van der Waals surface area contributed by atoms with Crippen molar-refractivity contribution in [3.8, 4) is 0 Å². The molecule has 0 bridgehead atoms. The van der Waals surface area contributed by atoms with Gasteiger partial charge in [-0.25, -0.2) is 4.52 Å². The van der Waals surface area contributed by atoms with E-state index in [2.05, 4.69) is 10.3 Å². The highest BCUT2D eigenvalue weighted by Gasteiger charge is 2.07. The van der Waals surface area contributed by atoms with Crippen molar-refractivity contribution < 1.29 is 5.21 Å². The summed E-state index contributed by atoms with van der Waals surface area (Å²) in [5, 5.41) is 15.6. The summed E-state index contributed by atoms with van der Waals surface area (Å²) >= 11 is 0. The Morgan fingerprint density at radius 3 is 3.14 bits per heavy atom. The molecule has 0 aliphatic carbocycles. The number of aryl methyl sites for hydroxylation is 1. The lowest BCUT2D eigenvalue weighted by Crippen LogP contribution is -2.12. The van der Waals surface area contributed by atoms with Crippen molar-refractivity contribution in [2.75, 3.05) is 0 Å². The SMILES string of the molecule is Cc1ccn2ncc(/C(N)=N\O)c2c1. The molecule has 0 atom stereocenters. The number of amidine groups is 1. The molecule has 0 saturated heterocycles. The molecule has 0 aliphatic rings. The fourth-order valence-electron chi connectivity index (χ4n) is 1.34. The maximum atomic E-state index is 8.56.